The number of nitrogens with one attached hydrogen (secondary N) is 1. The molecule has 1 heterocycles. The summed E-state index contributed by atoms with van der Waals surface area (Å²) in [5.41, 5.74) is 0.786. The highest BCUT2D eigenvalue weighted by Crippen LogP contribution is 2.17. The van der Waals surface area contributed by atoms with Gasteiger partial charge in [0.1, 0.15) is 6.33 Å². The average molecular weight is 321 g/mol. The first-order chi connectivity index (χ1) is 10.8. The molecule has 2 N–H and O–H groups in total. The summed E-state index contributed by atoms with van der Waals surface area (Å²) >= 11 is 1.67. The predicted molar refractivity (Wildman–Crippen MR) is 84.4 cm³/mol. The molecule has 0 radical (unpaired) electrons. The minimum absolute atomic E-state index is 0.0938. The number of hydrogen-bond acceptors (Lipinski definition) is 6. The zero-order valence-corrected chi connectivity index (χ0v) is 13.1. The van der Waals surface area contributed by atoms with E-state index in [1.807, 2.05) is 36.6 Å². The maximum atomic E-state index is 12.6. The molecule has 2 atom stereocenters. The molecule has 0 spiro atoms. The Kier molecular flexibility index (Phi) is 6.35. The Morgan fingerprint density at radius 3 is 2.77 bits per heavy atom. The lowest BCUT2D eigenvalue weighted by Crippen LogP contribution is -2.42. The van der Waals surface area contributed by atoms with Crippen LogP contribution in [0.1, 0.15) is 18.0 Å². The van der Waals surface area contributed by atoms with E-state index in [0.29, 0.717) is 6.42 Å². The molecule has 1 aromatic carbocycles. The van der Waals surface area contributed by atoms with Crippen molar-refractivity contribution in [1.29, 1.82) is 0 Å². The van der Waals surface area contributed by atoms with Gasteiger partial charge in [-0.2, -0.15) is 11.8 Å². The molecule has 0 aliphatic rings. The van der Waals surface area contributed by atoms with Gasteiger partial charge in [-0.25, -0.2) is 4.68 Å². The lowest BCUT2D eigenvalue weighted by molar-refractivity contribution is -0.124. The van der Waals surface area contributed by atoms with Crippen LogP contribution in [0.15, 0.2) is 36.7 Å². The smallest absolute Gasteiger partial charge is 0.249 e. The average Bonchev–Trinajstić information content (AvgIpc) is 3.06. The highest BCUT2D eigenvalue weighted by atomic mass is 32.2. The number of carbonyl (C=O) groups excluding carboxylic acids is 1. The number of aromatic nitrogens is 4. The van der Waals surface area contributed by atoms with Crippen molar-refractivity contribution in [3.05, 3.63) is 42.2 Å². The topological polar surface area (TPSA) is 92.9 Å². The highest BCUT2D eigenvalue weighted by Gasteiger charge is 2.25. The molecule has 0 fully saturated rings. The number of thioether (sulfide) groups is 1. The van der Waals surface area contributed by atoms with Crippen molar-refractivity contribution in [3.8, 4) is 0 Å². The summed E-state index contributed by atoms with van der Waals surface area (Å²) in [5, 5.41) is 23.3. The maximum Gasteiger partial charge on any atom is 0.249 e. The number of amides is 1. The first-order valence-electron chi connectivity index (χ1n) is 6.94. The van der Waals surface area contributed by atoms with Crippen molar-refractivity contribution in [3.63, 3.8) is 0 Å². The summed E-state index contributed by atoms with van der Waals surface area (Å²) in [5.74, 6) is 0.630. The third-order valence-electron chi connectivity index (χ3n) is 3.23. The van der Waals surface area contributed by atoms with Crippen LogP contribution in [0.4, 0.5) is 0 Å². The Morgan fingerprint density at radius 2 is 2.18 bits per heavy atom. The molecular formula is C14H19N5O2S. The first-order valence-corrected chi connectivity index (χ1v) is 8.33. The number of aliphatic hydroxyl groups is 1. The molecule has 0 aliphatic carbocycles. The molecule has 0 aliphatic heterocycles. The number of tetrazole rings is 1. The van der Waals surface area contributed by atoms with Gasteiger partial charge in [0.15, 0.2) is 6.04 Å². The lowest BCUT2D eigenvalue weighted by atomic mass is 10.1. The van der Waals surface area contributed by atoms with Gasteiger partial charge in [0.2, 0.25) is 5.91 Å². The number of hydrogen-bond donors (Lipinski definition) is 2. The molecule has 0 saturated heterocycles. The zero-order valence-electron chi connectivity index (χ0n) is 12.3. The zero-order chi connectivity index (χ0) is 15.8. The largest absolute Gasteiger partial charge is 0.394 e. The van der Waals surface area contributed by atoms with E-state index in [4.69, 9.17) is 0 Å². The van der Waals surface area contributed by atoms with Gasteiger partial charge in [-0.3, -0.25) is 4.79 Å². The molecule has 0 bridgehead atoms. The number of nitrogens with zero attached hydrogens (tertiary/aromatic N) is 4. The van der Waals surface area contributed by atoms with Crippen molar-refractivity contribution < 1.29 is 9.90 Å². The van der Waals surface area contributed by atoms with E-state index >= 15 is 0 Å². The summed E-state index contributed by atoms with van der Waals surface area (Å²) in [4.78, 5) is 12.6. The Labute approximate surface area is 133 Å². The van der Waals surface area contributed by atoms with E-state index in [2.05, 4.69) is 20.8 Å². The van der Waals surface area contributed by atoms with E-state index < -0.39 is 6.04 Å². The summed E-state index contributed by atoms with van der Waals surface area (Å²) in [6, 6.07) is 8.37. The van der Waals surface area contributed by atoms with Crippen molar-refractivity contribution in [1.82, 2.24) is 25.5 Å². The second-order valence-electron chi connectivity index (χ2n) is 4.77. The van der Waals surface area contributed by atoms with Crippen LogP contribution < -0.4 is 5.32 Å². The Balaban J connectivity index is 2.17. The predicted octanol–water partition coefficient (Wildman–Crippen LogP) is 0.493. The van der Waals surface area contributed by atoms with Gasteiger partial charge in [-0.1, -0.05) is 30.3 Å². The standard InChI is InChI=1S/C14H19N5O2S/c1-22-8-7-12(9-20)16-14(21)13(19-10-15-17-18-19)11-5-3-2-4-6-11/h2-6,10,12-13,20H,7-9H2,1H3,(H,16,21)/t12-,13+/m1/s1. The molecule has 8 heteroatoms. The van der Waals surface area contributed by atoms with Crippen LogP contribution >= 0.6 is 11.8 Å². The summed E-state index contributed by atoms with van der Waals surface area (Å²) in [7, 11) is 0. The van der Waals surface area contributed by atoms with Crippen LogP contribution in [0.25, 0.3) is 0 Å². The van der Waals surface area contributed by atoms with E-state index in [-0.39, 0.29) is 18.6 Å². The minimum atomic E-state index is -0.653. The van der Waals surface area contributed by atoms with Crippen LogP contribution in [-0.4, -0.2) is 55.9 Å². The van der Waals surface area contributed by atoms with Gasteiger partial charge in [0, 0.05) is 0 Å². The van der Waals surface area contributed by atoms with Crippen molar-refractivity contribution in [2.75, 3.05) is 18.6 Å². The lowest BCUT2D eigenvalue weighted by Gasteiger charge is -2.21. The molecule has 7 nitrogen and oxygen atoms in total. The quantitative estimate of drug-likeness (QED) is 0.735. The third kappa shape index (κ3) is 4.28. The Morgan fingerprint density at radius 1 is 1.41 bits per heavy atom. The Bertz CT molecular complexity index is 564. The van der Waals surface area contributed by atoms with Crippen molar-refractivity contribution >= 4 is 17.7 Å². The number of benzene rings is 1. The van der Waals surface area contributed by atoms with E-state index in [0.717, 1.165) is 11.3 Å². The van der Waals surface area contributed by atoms with Crippen LogP contribution in [0.2, 0.25) is 0 Å². The van der Waals surface area contributed by atoms with Crippen molar-refractivity contribution in [2.24, 2.45) is 0 Å². The second kappa shape index (κ2) is 8.50. The molecular weight excluding hydrogens is 302 g/mol. The Hall–Kier alpha value is -1.93. The fourth-order valence-electron chi connectivity index (χ4n) is 2.10. The molecule has 1 aromatic heterocycles. The second-order valence-corrected chi connectivity index (χ2v) is 5.76. The van der Waals surface area contributed by atoms with Gasteiger partial charge >= 0.3 is 0 Å². The highest BCUT2D eigenvalue weighted by molar-refractivity contribution is 7.98. The monoisotopic (exact) mass is 321 g/mol. The van der Waals surface area contributed by atoms with Gasteiger partial charge < -0.3 is 10.4 Å². The fourth-order valence-corrected chi connectivity index (χ4v) is 2.62. The molecule has 0 saturated carbocycles. The summed E-state index contributed by atoms with van der Waals surface area (Å²) < 4.78 is 1.41. The molecule has 0 unspecified atom stereocenters. The summed E-state index contributed by atoms with van der Waals surface area (Å²) in [6.45, 7) is -0.0938. The molecule has 2 rings (SSSR count). The van der Waals surface area contributed by atoms with Gasteiger partial charge in [0.25, 0.3) is 0 Å². The molecule has 2 aromatic rings. The molecule has 22 heavy (non-hydrogen) atoms. The van der Waals surface area contributed by atoms with Gasteiger partial charge in [0.05, 0.1) is 12.6 Å². The van der Waals surface area contributed by atoms with Crippen LogP contribution in [0, 0.1) is 0 Å². The molecule has 1 amide bonds. The normalized spacial score (nSPS) is 13.5. The summed E-state index contributed by atoms with van der Waals surface area (Å²) in [6.07, 6.45) is 4.11. The fraction of sp³-hybridized carbons (Fsp3) is 0.429. The van der Waals surface area contributed by atoms with E-state index in [1.54, 1.807) is 11.8 Å². The van der Waals surface area contributed by atoms with Crippen LogP contribution in [-0.2, 0) is 4.79 Å². The molecule has 118 valence electrons. The van der Waals surface area contributed by atoms with Gasteiger partial charge in [-0.15, -0.1) is 5.10 Å². The first kappa shape index (κ1) is 16.4. The van der Waals surface area contributed by atoms with E-state index in [1.165, 1.54) is 11.0 Å². The number of aliphatic hydroxyl groups excluding tert-OH is 1. The van der Waals surface area contributed by atoms with Crippen molar-refractivity contribution in [2.45, 2.75) is 18.5 Å². The number of carbonyl (C=O) groups is 1. The van der Waals surface area contributed by atoms with Crippen LogP contribution in [0.5, 0.6) is 0 Å². The van der Waals surface area contributed by atoms with Crippen LogP contribution in [0.3, 0.4) is 0 Å². The SMILES string of the molecule is CSCC[C@H](CO)NC(=O)[C@H](c1ccccc1)n1cnnn1. The maximum absolute atomic E-state index is 12.6. The van der Waals surface area contributed by atoms with Gasteiger partial charge in [-0.05, 0) is 34.4 Å². The third-order valence-corrected chi connectivity index (χ3v) is 3.87. The minimum Gasteiger partial charge on any atom is -0.394 e. The van der Waals surface area contributed by atoms with E-state index in [9.17, 15) is 9.90 Å². The number of rotatable bonds is 8.